The lowest BCUT2D eigenvalue weighted by Gasteiger charge is -2.24. The Balaban J connectivity index is 2.14. The first-order valence-corrected chi connectivity index (χ1v) is 9.32. The van der Waals surface area contributed by atoms with E-state index in [0.717, 1.165) is 21.3 Å². The molecule has 134 valence electrons. The third-order valence-corrected chi connectivity index (χ3v) is 4.89. The van der Waals surface area contributed by atoms with Crippen molar-refractivity contribution >= 4 is 50.9 Å². The number of urea groups is 1. The largest absolute Gasteiger partial charge is 0.396 e. The minimum atomic E-state index is -0.232. The van der Waals surface area contributed by atoms with Crippen LogP contribution >= 0.6 is 39.1 Å². The number of carbonyl (C=O) groups is 1. The number of carbonyl (C=O) groups excluding carboxylic acids is 1. The zero-order valence-corrected chi connectivity index (χ0v) is 16.8. The van der Waals surface area contributed by atoms with E-state index < -0.39 is 0 Å². The topological polar surface area (TPSA) is 52.6 Å². The van der Waals surface area contributed by atoms with E-state index in [1.165, 1.54) is 0 Å². The van der Waals surface area contributed by atoms with Crippen molar-refractivity contribution in [3.8, 4) is 0 Å². The molecule has 0 aliphatic carbocycles. The first-order chi connectivity index (χ1) is 11.9. The molecule has 0 fully saturated rings. The molecule has 0 saturated heterocycles. The predicted octanol–water partition coefficient (Wildman–Crippen LogP) is 5.48. The molecule has 2 N–H and O–H groups in total. The van der Waals surface area contributed by atoms with Crippen molar-refractivity contribution in [1.82, 2.24) is 4.90 Å². The summed E-state index contributed by atoms with van der Waals surface area (Å²) in [6, 6.07) is 10.7. The fourth-order valence-corrected chi connectivity index (χ4v) is 3.13. The van der Waals surface area contributed by atoms with E-state index in [9.17, 15) is 4.79 Å². The molecule has 7 heteroatoms. The maximum Gasteiger partial charge on any atom is 0.322 e. The molecule has 0 aliphatic rings. The van der Waals surface area contributed by atoms with E-state index in [4.69, 9.17) is 28.3 Å². The summed E-state index contributed by atoms with van der Waals surface area (Å²) in [4.78, 5) is 14.3. The van der Waals surface area contributed by atoms with Crippen molar-refractivity contribution in [2.45, 2.75) is 19.9 Å². The maximum atomic E-state index is 12.7. The summed E-state index contributed by atoms with van der Waals surface area (Å²) in [7, 11) is 0. The summed E-state index contributed by atoms with van der Waals surface area (Å²) in [6.07, 6.45) is 0.494. The molecule has 0 bridgehead atoms. The number of aliphatic hydroxyl groups is 1. The number of halogens is 3. The van der Waals surface area contributed by atoms with Crippen LogP contribution < -0.4 is 5.32 Å². The Bertz CT molecular complexity index is 756. The molecule has 2 rings (SSSR count). The fraction of sp³-hybridized carbons (Fsp3) is 0.278. The lowest BCUT2D eigenvalue weighted by atomic mass is 10.2. The lowest BCUT2D eigenvalue weighted by molar-refractivity contribution is 0.199. The molecule has 0 radical (unpaired) electrons. The van der Waals surface area contributed by atoms with Gasteiger partial charge in [-0.05, 0) is 54.8 Å². The average Bonchev–Trinajstić information content (AvgIpc) is 2.57. The third-order valence-electron chi connectivity index (χ3n) is 3.66. The fourth-order valence-electron chi connectivity index (χ4n) is 2.33. The van der Waals surface area contributed by atoms with Gasteiger partial charge < -0.3 is 15.3 Å². The summed E-state index contributed by atoms with van der Waals surface area (Å²) < 4.78 is 0.955. The Morgan fingerprint density at radius 3 is 2.60 bits per heavy atom. The highest BCUT2D eigenvalue weighted by Gasteiger charge is 2.15. The highest BCUT2D eigenvalue weighted by molar-refractivity contribution is 9.10. The molecular weight excluding hydrogens is 427 g/mol. The van der Waals surface area contributed by atoms with Gasteiger partial charge in [-0.3, -0.25) is 0 Å². The molecule has 0 aromatic heterocycles. The molecule has 0 spiro atoms. The van der Waals surface area contributed by atoms with Crippen LogP contribution in [0.15, 0.2) is 40.9 Å². The number of aliphatic hydroxyl groups excluding tert-OH is 1. The number of benzene rings is 2. The lowest BCUT2D eigenvalue weighted by Crippen LogP contribution is -2.35. The van der Waals surface area contributed by atoms with Crippen LogP contribution in [0, 0.1) is 6.92 Å². The van der Waals surface area contributed by atoms with Crippen molar-refractivity contribution in [2.75, 3.05) is 18.5 Å². The SMILES string of the molecule is Cc1cc(Br)ccc1NC(=O)N(CCCO)Cc1ccc(Cl)c(Cl)c1. The van der Waals surface area contributed by atoms with Gasteiger partial charge in [0.2, 0.25) is 0 Å². The average molecular weight is 446 g/mol. The van der Waals surface area contributed by atoms with Crippen LogP contribution in [0.4, 0.5) is 10.5 Å². The quantitative estimate of drug-likeness (QED) is 0.618. The van der Waals surface area contributed by atoms with Gasteiger partial charge in [0.1, 0.15) is 0 Å². The Hall–Kier alpha value is -1.27. The van der Waals surface area contributed by atoms with E-state index in [2.05, 4.69) is 21.2 Å². The molecular formula is C18H19BrCl2N2O2. The Labute approximate surface area is 165 Å². The standard InChI is InChI=1S/C18H19BrCl2N2O2/c1-12-9-14(19)4-6-17(12)22-18(25)23(7-2-8-24)11-13-3-5-15(20)16(21)10-13/h3-6,9-10,24H,2,7-8,11H2,1H3,(H,22,25). The van der Waals surface area contributed by atoms with Gasteiger partial charge in [0, 0.05) is 29.9 Å². The van der Waals surface area contributed by atoms with Crippen LogP contribution in [-0.4, -0.2) is 29.2 Å². The first kappa shape index (κ1) is 20.0. The van der Waals surface area contributed by atoms with E-state index >= 15 is 0 Å². The van der Waals surface area contributed by atoms with Crippen molar-refractivity contribution in [2.24, 2.45) is 0 Å². The summed E-state index contributed by atoms with van der Waals surface area (Å²) in [5.41, 5.74) is 2.57. The normalized spacial score (nSPS) is 10.6. The van der Waals surface area contributed by atoms with Crippen molar-refractivity contribution in [3.63, 3.8) is 0 Å². The number of amides is 2. The van der Waals surface area contributed by atoms with Gasteiger partial charge in [0.15, 0.2) is 0 Å². The minimum Gasteiger partial charge on any atom is -0.396 e. The molecule has 0 saturated carbocycles. The minimum absolute atomic E-state index is 0.0163. The molecule has 4 nitrogen and oxygen atoms in total. The van der Waals surface area contributed by atoms with Gasteiger partial charge in [-0.2, -0.15) is 0 Å². The van der Waals surface area contributed by atoms with Gasteiger partial charge in [-0.15, -0.1) is 0 Å². The number of nitrogens with one attached hydrogen (secondary N) is 1. The van der Waals surface area contributed by atoms with Crippen LogP contribution in [0.25, 0.3) is 0 Å². The van der Waals surface area contributed by atoms with Gasteiger partial charge >= 0.3 is 6.03 Å². The van der Waals surface area contributed by atoms with Crippen LogP contribution in [0.1, 0.15) is 17.5 Å². The van der Waals surface area contributed by atoms with Crippen LogP contribution in [0.2, 0.25) is 10.0 Å². The molecule has 0 heterocycles. The van der Waals surface area contributed by atoms with Crippen molar-refractivity contribution in [1.29, 1.82) is 0 Å². The third kappa shape index (κ3) is 5.89. The van der Waals surface area contributed by atoms with Gasteiger partial charge in [-0.25, -0.2) is 4.79 Å². The van der Waals surface area contributed by atoms with Crippen LogP contribution in [0.3, 0.4) is 0 Å². The number of hydrogen-bond donors (Lipinski definition) is 2. The summed E-state index contributed by atoms with van der Waals surface area (Å²) in [5.74, 6) is 0. The van der Waals surface area contributed by atoms with Crippen molar-refractivity contribution in [3.05, 3.63) is 62.0 Å². The number of aryl methyl sites for hydroxylation is 1. The van der Waals surface area contributed by atoms with Crippen LogP contribution in [0.5, 0.6) is 0 Å². The van der Waals surface area contributed by atoms with E-state index in [-0.39, 0.29) is 12.6 Å². The maximum absolute atomic E-state index is 12.7. The first-order valence-electron chi connectivity index (χ1n) is 7.77. The summed E-state index contributed by atoms with van der Waals surface area (Å²) in [6.45, 7) is 2.75. The molecule has 2 amide bonds. The molecule has 0 atom stereocenters. The predicted molar refractivity (Wildman–Crippen MR) is 106 cm³/mol. The highest BCUT2D eigenvalue weighted by atomic mass is 79.9. The molecule has 2 aromatic carbocycles. The molecule has 0 aliphatic heterocycles. The van der Waals surface area contributed by atoms with E-state index in [1.807, 2.05) is 31.2 Å². The second-order valence-corrected chi connectivity index (χ2v) is 7.37. The molecule has 25 heavy (non-hydrogen) atoms. The van der Waals surface area contributed by atoms with Crippen molar-refractivity contribution < 1.29 is 9.90 Å². The second kappa shape index (κ2) is 9.43. The van der Waals surface area contributed by atoms with Crippen LogP contribution in [-0.2, 0) is 6.54 Å². The van der Waals surface area contributed by atoms with Gasteiger partial charge in [0.25, 0.3) is 0 Å². The van der Waals surface area contributed by atoms with Gasteiger partial charge in [-0.1, -0.05) is 45.2 Å². The number of anilines is 1. The smallest absolute Gasteiger partial charge is 0.322 e. The summed E-state index contributed by atoms with van der Waals surface area (Å²) >= 11 is 15.4. The Kier molecular flexibility index (Phi) is 7.56. The van der Waals surface area contributed by atoms with Gasteiger partial charge in [0.05, 0.1) is 10.0 Å². The second-order valence-electron chi connectivity index (χ2n) is 5.64. The van der Waals surface area contributed by atoms with E-state index in [1.54, 1.807) is 17.0 Å². The zero-order valence-electron chi connectivity index (χ0n) is 13.7. The number of nitrogens with zero attached hydrogens (tertiary/aromatic N) is 1. The number of hydrogen-bond acceptors (Lipinski definition) is 2. The highest BCUT2D eigenvalue weighted by Crippen LogP contribution is 2.24. The van der Waals surface area contributed by atoms with E-state index in [0.29, 0.717) is 29.6 Å². The number of rotatable bonds is 6. The zero-order chi connectivity index (χ0) is 18.4. The summed E-state index contributed by atoms with van der Waals surface area (Å²) in [5, 5.41) is 12.9. The molecule has 0 unspecified atom stereocenters. The molecule has 2 aromatic rings. The Morgan fingerprint density at radius 1 is 1.20 bits per heavy atom. The monoisotopic (exact) mass is 444 g/mol. The Morgan fingerprint density at radius 2 is 1.96 bits per heavy atom.